The molecule has 1 heterocycles. The predicted molar refractivity (Wildman–Crippen MR) is 137 cm³/mol. The number of aryl methyl sites for hydroxylation is 2. The molecule has 0 radical (unpaired) electrons. The van der Waals surface area contributed by atoms with Crippen LogP contribution in [0.3, 0.4) is 0 Å². The molecule has 0 fully saturated rings. The van der Waals surface area contributed by atoms with Crippen LogP contribution in [0.1, 0.15) is 38.4 Å². The van der Waals surface area contributed by atoms with Gasteiger partial charge in [-0.1, -0.05) is 48.0 Å². The van der Waals surface area contributed by atoms with E-state index in [-0.39, 0.29) is 5.91 Å². The van der Waals surface area contributed by atoms with E-state index >= 15 is 0 Å². The lowest BCUT2D eigenvalue weighted by molar-refractivity contribution is 0.0955. The Balaban J connectivity index is 1.37. The molecule has 1 N–H and O–H groups in total. The van der Waals surface area contributed by atoms with Crippen LogP contribution in [0.15, 0.2) is 94.9 Å². The first-order valence-corrected chi connectivity index (χ1v) is 11.9. The molecule has 3 aromatic carbocycles. The largest absolute Gasteiger partial charge is 0.318 e. The van der Waals surface area contributed by atoms with Crippen molar-refractivity contribution >= 4 is 23.9 Å². The van der Waals surface area contributed by atoms with E-state index in [1.165, 1.54) is 16.0 Å². The Hall–Kier alpha value is -3.57. The highest BCUT2D eigenvalue weighted by Gasteiger charge is 2.10. The Morgan fingerprint density at radius 1 is 0.939 bits per heavy atom. The molecule has 0 aliphatic carbocycles. The van der Waals surface area contributed by atoms with Gasteiger partial charge in [-0.2, -0.15) is 5.10 Å². The fraction of sp³-hybridized carbons (Fsp3) is 0.143. The highest BCUT2D eigenvalue weighted by Crippen LogP contribution is 2.22. The van der Waals surface area contributed by atoms with Crippen LogP contribution in [0.25, 0.3) is 5.69 Å². The van der Waals surface area contributed by atoms with Gasteiger partial charge < -0.3 is 4.57 Å². The molecule has 5 heteroatoms. The Bertz CT molecular complexity index is 1260. The molecule has 0 spiro atoms. The first-order chi connectivity index (χ1) is 16.0. The summed E-state index contributed by atoms with van der Waals surface area (Å²) in [6, 6.07) is 28.5. The number of carbonyl (C=O) groups is 1. The Labute approximate surface area is 199 Å². The molecule has 4 aromatic rings. The van der Waals surface area contributed by atoms with Crippen molar-refractivity contribution in [2.45, 2.75) is 31.4 Å². The third-order valence-electron chi connectivity index (χ3n) is 5.50. The molecule has 1 aromatic heterocycles. The molecule has 0 aliphatic heterocycles. The van der Waals surface area contributed by atoms with E-state index in [0.717, 1.165) is 28.4 Å². The number of benzene rings is 3. The number of hydrogen-bond acceptors (Lipinski definition) is 3. The van der Waals surface area contributed by atoms with E-state index in [2.05, 4.69) is 78.3 Å². The van der Waals surface area contributed by atoms with Gasteiger partial charge in [0.1, 0.15) is 0 Å². The molecular formula is C28H27N3OS. The van der Waals surface area contributed by atoms with Crippen molar-refractivity contribution < 1.29 is 4.79 Å². The molecule has 1 amide bonds. The van der Waals surface area contributed by atoms with Crippen molar-refractivity contribution in [1.29, 1.82) is 0 Å². The van der Waals surface area contributed by atoms with E-state index in [9.17, 15) is 4.79 Å². The van der Waals surface area contributed by atoms with Crippen LogP contribution in [0.5, 0.6) is 0 Å². The molecule has 4 rings (SSSR count). The molecule has 0 atom stereocenters. The SMILES string of the molecule is Cc1ccc(-n2c(C)cc(/C=N\NC(=O)c3ccc(CSc4ccccc4)cc3)c2C)cc1. The molecule has 0 aliphatic rings. The van der Waals surface area contributed by atoms with E-state index in [0.29, 0.717) is 5.56 Å². The first kappa shape index (κ1) is 22.6. The third-order valence-corrected chi connectivity index (χ3v) is 6.58. The number of carbonyl (C=O) groups excluding carboxylic acids is 1. The Kier molecular flexibility index (Phi) is 7.10. The lowest BCUT2D eigenvalue weighted by Crippen LogP contribution is -2.17. The van der Waals surface area contributed by atoms with Crippen LogP contribution in [0.4, 0.5) is 0 Å². The molecule has 4 nitrogen and oxygen atoms in total. The quantitative estimate of drug-likeness (QED) is 0.198. The van der Waals surface area contributed by atoms with Crippen molar-refractivity contribution in [3.8, 4) is 5.69 Å². The smallest absolute Gasteiger partial charge is 0.271 e. The number of hydrazone groups is 1. The Morgan fingerprint density at radius 3 is 2.33 bits per heavy atom. The van der Waals surface area contributed by atoms with E-state index in [1.807, 2.05) is 42.5 Å². The monoisotopic (exact) mass is 453 g/mol. The third kappa shape index (κ3) is 5.62. The van der Waals surface area contributed by atoms with Gasteiger partial charge in [0.05, 0.1) is 6.21 Å². The predicted octanol–water partition coefficient (Wildman–Crippen LogP) is 6.46. The number of rotatable bonds is 7. The van der Waals surface area contributed by atoms with Crippen molar-refractivity contribution in [2.75, 3.05) is 0 Å². The number of aromatic nitrogens is 1. The average molecular weight is 454 g/mol. The summed E-state index contributed by atoms with van der Waals surface area (Å²) in [6.45, 7) is 6.21. The number of nitrogens with one attached hydrogen (secondary N) is 1. The van der Waals surface area contributed by atoms with Crippen LogP contribution in [-0.4, -0.2) is 16.7 Å². The molecular weight excluding hydrogens is 426 g/mol. The highest BCUT2D eigenvalue weighted by molar-refractivity contribution is 7.98. The topological polar surface area (TPSA) is 46.4 Å². The molecule has 0 unspecified atom stereocenters. The molecule has 0 saturated heterocycles. The first-order valence-electron chi connectivity index (χ1n) is 10.9. The normalized spacial score (nSPS) is 11.1. The molecule has 0 bridgehead atoms. The second-order valence-electron chi connectivity index (χ2n) is 8.00. The van der Waals surface area contributed by atoms with Crippen LogP contribution >= 0.6 is 11.8 Å². The van der Waals surface area contributed by atoms with Gasteiger partial charge in [0.2, 0.25) is 0 Å². The highest BCUT2D eigenvalue weighted by atomic mass is 32.2. The summed E-state index contributed by atoms with van der Waals surface area (Å²) >= 11 is 1.78. The maximum Gasteiger partial charge on any atom is 0.271 e. The maximum atomic E-state index is 12.5. The van der Waals surface area contributed by atoms with Gasteiger partial charge in [0, 0.05) is 38.9 Å². The fourth-order valence-electron chi connectivity index (χ4n) is 3.67. The minimum atomic E-state index is -0.221. The second-order valence-corrected chi connectivity index (χ2v) is 9.04. The summed E-state index contributed by atoms with van der Waals surface area (Å²) in [7, 11) is 0. The van der Waals surface area contributed by atoms with Crippen molar-refractivity contribution in [1.82, 2.24) is 9.99 Å². The van der Waals surface area contributed by atoms with E-state index in [1.54, 1.807) is 18.0 Å². The zero-order valence-corrected chi connectivity index (χ0v) is 19.9. The van der Waals surface area contributed by atoms with Gasteiger partial charge in [0.25, 0.3) is 5.91 Å². The van der Waals surface area contributed by atoms with Crippen LogP contribution in [0.2, 0.25) is 0 Å². The summed E-state index contributed by atoms with van der Waals surface area (Å²) in [4.78, 5) is 13.7. The minimum Gasteiger partial charge on any atom is -0.318 e. The lowest BCUT2D eigenvalue weighted by Gasteiger charge is -2.09. The molecule has 33 heavy (non-hydrogen) atoms. The zero-order valence-electron chi connectivity index (χ0n) is 19.1. The summed E-state index contributed by atoms with van der Waals surface area (Å²) in [5, 5.41) is 4.20. The van der Waals surface area contributed by atoms with Gasteiger partial charge >= 0.3 is 0 Å². The summed E-state index contributed by atoms with van der Waals surface area (Å²) < 4.78 is 2.19. The van der Waals surface area contributed by atoms with Crippen molar-refractivity contribution in [3.63, 3.8) is 0 Å². The van der Waals surface area contributed by atoms with Gasteiger partial charge in [-0.05, 0) is 68.8 Å². The number of thioether (sulfide) groups is 1. The second kappa shape index (κ2) is 10.4. The summed E-state index contributed by atoms with van der Waals surface area (Å²) in [5.74, 6) is 0.640. The number of nitrogens with zero attached hydrogens (tertiary/aromatic N) is 2. The fourth-order valence-corrected chi connectivity index (χ4v) is 4.55. The van der Waals surface area contributed by atoms with Crippen LogP contribution in [0, 0.1) is 20.8 Å². The number of amides is 1. The summed E-state index contributed by atoms with van der Waals surface area (Å²) in [5.41, 5.74) is 9.92. The zero-order chi connectivity index (χ0) is 23.2. The Morgan fingerprint density at radius 2 is 1.64 bits per heavy atom. The van der Waals surface area contributed by atoms with Crippen molar-refractivity contribution in [2.24, 2.45) is 5.10 Å². The lowest BCUT2D eigenvalue weighted by atomic mass is 10.1. The van der Waals surface area contributed by atoms with E-state index < -0.39 is 0 Å². The standard InChI is InChI=1S/C28H27N3OS/c1-20-9-15-26(16-10-20)31-21(2)17-25(22(31)3)18-29-30-28(32)24-13-11-23(12-14-24)19-33-27-7-5-4-6-8-27/h4-18H,19H2,1-3H3,(H,30,32)/b29-18-. The van der Waals surface area contributed by atoms with Crippen molar-refractivity contribution in [3.05, 3.63) is 119 Å². The van der Waals surface area contributed by atoms with Crippen LogP contribution < -0.4 is 5.43 Å². The van der Waals surface area contributed by atoms with Crippen LogP contribution in [-0.2, 0) is 5.75 Å². The maximum absolute atomic E-state index is 12.5. The molecule has 166 valence electrons. The molecule has 0 saturated carbocycles. The van der Waals surface area contributed by atoms with Gasteiger partial charge in [-0.25, -0.2) is 5.43 Å². The van der Waals surface area contributed by atoms with Gasteiger partial charge in [-0.3, -0.25) is 4.79 Å². The average Bonchev–Trinajstić information content (AvgIpc) is 3.12. The summed E-state index contributed by atoms with van der Waals surface area (Å²) in [6.07, 6.45) is 1.70. The number of hydrogen-bond donors (Lipinski definition) is 1. The minimum absolute atomic E-state index is 0.221. The van der Waals surface area contributed by atoms with E-state index in [4.69, 9.17) is 0 Å². The van der Waals surface area contributed by atoms with Gasteiger partial charge in [0.15, 0.2) is 0 Å². The van der Waals surface area contributed by atoms with Gasteiger partial charge in [-0.15, -0.1) is 11.8 Å².